The van der Waals surface area contributed by atoms with Crippen LogP contribution in [0.5, 0.6) is 0 Å². The summed E-state index contributed by atoms with van der Waals surface area (Å²) in [6.07, 6.45) is 2.66. The first-order valence-electron chi connectivity index (χ1n) is 5.42. The summed E-state index contributed by atoms with van der Waals surface area (Å²) < 4.78 is 0. The maximum Gasteiger partial charge on any atom is 0.336 e. The maximum atomic E-state index is 11.0. The Morgan fingerprint density at radius 2 is 2.19 bits per heavy atom. The zero-order valence-corrected chi connectivity index (χ0v) is 9.31. The van der Waals surface area contributed by atoms with Crippen molar-refractivity contribution in [2.24, 2.45) is 0 Å². The van der Waals surface area contributed by atoms with Crippen molar-refractivity contribution < 1.29 is 9.90 Å². The summed E-state index contributed by atoms with van der Waals surface area (Å²) in [6.45, 7) is 2.05. The van der Waals surface area contributed by atoms with Gasteiger partial charge in [-0.3, -0.25) is 0 Å². The highest BCUT2D eigenvalue weighted by molar-refractivity contribution is 5.89. The minimum Gasteiger partial charge on any atom is -0.478 e. The number of carbonyl (C=O) groups is 1. The SMILES string of the molecule is CCCCC(C#N)c1ccccc1C(=O)O. The smallest absolute Gasteiger partial charge is 0.336 e. The van der Waals surface area contributed by atoms with Crippen LogP contribution in [0.1, 0.15) is 48.0 Å². The van der Waals surface area contributed by atoms with Crippen LogP contribution < -0.4 is 0 Å². The predicted molar refractivity (Wildman–Crippen MR) is 61.3 cm³/mol. The lowest BCUT2D eigenvalue weighted by Crippen LogP contribution is -2.06. The molecule has 0 aliphatic rings. The van der Waals surface area contributed by atoms with Crippen LogP contribution in [-0.4, -0.2) is 11.1 Å². The number of carboxylic acids is 1. The second kappa shape index (κ2) is 5.92. The van der Waals surface area contributed by atoms with Gasteiger partial charge in [-0.25, -0.2) is 4.79 Å². The standard InChI is InChI=1S/C13H15NO2/c1-2-3-6-10(9-14)11-7-4-5-8-12(11)13(15)16/h4-5,7-8,10H,2-3,6H2,1H3,(H,15,16). The van der Waals surface area contributed by atoms with Gasteiger partial charge in [0.25, 0.3) is 0 Å². The van der Waals surface area contributed by atoms with Crippen LogP contribution in [0.3, 0.4) is 0 Å². The monoisotopic (exact) mass is 217 g/mol. The molecule has 0 aliphatic heterocycles. The van der Waals surface area contributed by atoms with Gasteiger partial charge < -0.3 is 5.11 Å². The van der Waals surface area contributed by atoms with E-state index in [1.165, 1.54) is 0 Å². The Labute approximate surface area is 95.3 Å². The molecule has 1 aromatic carbocycles. The fourth-order valence-electron chi connectivity index (χ4n) is 1.69. The van der Waals surface area contributed by atoms with Crippen molar-refractivity contribution >= 4 is 5.97 Å². The second-order valence-corrected chi connectivity index (χ2v) is 3.72. The lowest BCUT2D eigenvalue weighted by atomic mass is 9.91. The van der Waals surface area contributed by atoms with Crippen molar-refractivity contribution in [3.8, 4) is 6.07 Å². The maximum absolute atomic E-state index is 11.0. The Hall–Kier alpha value is -1.82. The molecule has 0 heterocycles. The van der Waals surface area contributed by atoms with Crippen molar-refractivity contribution in [2.45, 2.75) is 32.1 Å². The average Bonchev–Trinajstić information content (AvgIpc) is 2.30. The van der Waals surface area contributed by atoms with Gasteiger partial charge in [0, 0.05) is 0 Å². The minimum absolute atomic E-state index is 0.241. The number of unbranched alkanes of at least 4 members (excludes halogenated alkanes) is 1. The van der Waals surface area contributed by atoms with E-state index in [0.29, 0.717) is 5.56 Å². The zero-order chi connectivity index (χ0) is 12.0. The van der Waals surface area contributed by atoms with Crippen LogP contribution >= 0.6 is 0 Å². The third-order valence-corrected chi connectivity index (χ3v) is 2.57. The van der Waals surface area contributed by atoms with Crippen molar-refractivity contribution in [3.63, 3.8) is 0 Å². The summed E-state index contributed by atoms with van der Waals surface area (Å²) in [6, 6.07) is 8.92. The van der Waals surface area contributed by atoms with Crippen molar-refractivity contribution in [1.29, 1.82) is 5.26 Å². The highest BCUT2D eigenvalue weighted by Gasteiger charge is 2.17. The van der Waals surface area contributed by atoms with E-state index in [0.717, 1.165) is 19.3 Å². The van der Waals surface area contributed by atoms with Crippen molar-refractivity contribution in [2.75, 3.05) is 0 Å². The number of nitriles is 1. The van der Waals surface area contributed by atoms with Gasteiger partial charge in [0.05, 0.1) is 17.6 Å². The van der Waals surface area contributed by atoms with Crippen LogP contribution in [0.2, 0.25) is 0 Å². The van der Waals surface area contributed by atoms with Crippen LogP contribution in [0, 0.1) is 11.3 Å². The Balaban J connectivity index is 3.00. The molecule has 1 N–H and O–H groups in total. The molecular weight excluding hydrogens is 202 g/mol. The van der Waals surface area contributed by atoms with Gasteiger partial charge in [0.15, 0.2) is 0 Å². The van der Waals surface area contributed by atoms with Crippen molar-refractivity contribution in [3.05, 3.63) is 35.4 Å². The minimum atomic E-state index is -0.965. The fraction of sp³-hybridized carbons (Fsp3) is 0.385. The molecule has 0 saturated heterocycles. The van der Waals surface area contributed by atoms with Gasteiger partial charge in [0.2, 0.25) is 0 Å². The molecule has 0 aliphatic carbocycles. The third kappa shape index (κ3) is 2.83. The molecule has 0 spiro atoms. The summed E-state index contributed by atoms with van der Waals surface area (Å²) in [5.41, 5.74) is 0.871. The number of nitrogens with zero attached hydrogens (tertiary/aromatic N) is 1. The van der Waals surface area contributed by atoms with Gasteiger partial charge in [-0.2, -0.15) is 5.26 Å². The fourth-order valence-corrected chi connectivity index (χ4v) is 1.69. The van der Waals surface area contributed by atoms with Gasteiger partial charge in [-0.1, -0.05) is 38.0 Å². The summed E-state index contributed by atoms with van der Waals surface area (Å²) in [4.78, 5) is 11.0. The molecule has 0 bridgehead atoms. The van der Waals surface area contributed by atoms with Crippen LogP contribution in [0.25, 0.3) is 0 Å². The first-order chi connectivity index (χ1) is 7.70. The molecule has 3 nitrogen and oxygen atoms in total. The summed E-state index contributed by atoms with van der Waals surface area (Å²) in [5.74, 6) is -1.28. The molecule has 1 rings (SSSR count). The van der Waals surface area contributed by atoms with Crippen molar-refractivity contribution in [1.82, 2.24) is 0 Å². The molecule has 3 heteroatoms. The second-order valence-electron chi connectivity index (χ2n) is 3.72. The van der Waals surface area contributed by atoms with Crippen LogP contribution in [0.15, 0.2) is 24.3 Å². The number of hydrogen-bond acceptors (Lipinski definition) is 2. The Morgan fingerprint density at radius 3 is 2.75 bits per heavy atom. The summed E-state index contributed by atoms with van der Waals surface area (Å²) >= 11 is 0. The Morgan fingerprint density at radius 1 is 1.50 bits per heavy atom. The Kier molecular flexibility index (Phi) is 4.53. The van der Waals surface area contributed by atoms with E-state index in [4.69, 9.17) is 10.4 Å². The lowest BCUT2D eigenvalue weighted by molar-refractivity contribution is 0.0695. The van der Waals surface area contributed by atoms with E-state index < -0.39 is 5.97 Å². The normalized spacial score (nSPS) is 11.8. The number of benzene rings is 1. The highest BCUT2D eigenvalue weighted by Crippen LogP contribution is 2.24. The number of aromatic carboxylic acids is 1. The molecule has 16 heavy (non-hydrogen) atoms. The summed E-state index contributed by atoms with van der Waals surface area (Å²) in [7, 11) is 0. The number of rotatable bonds is 5. The molecule has 0 saturated carbocycles. The Bertz CT molecular complexity index is 407. The predicted octanol–water partition coefficient (Wildman–Crippen LogP) is 3.18. The van der Waals surface area contributed by atoms with E-state index in [-0.39, 0.29) is 11.5 Å². The molecular formula is C13H15NO2. The molecule has 0 amide bonds. The van der Waals surface area contributed by atoms with Gasteiger partial charge in [0.1, 0.15) is 0 Å². The number of hydrogen-bond donors (Lipinski definition) is 1. The topological polar surface area (TPSA) is 61.1 Å². The zero-order valence-electron chi connectivity index (χ0n) is 9.31. The van der Waals surface area contributed by atoms with Crippen LogP contribution in [-0.2, 0) is 0 Å². The van der Waals surface area contributed by atoms with E-state index >= 15 is 0 Å². The van der Waals surface area contributed by atoms with E-state index in [1.807, 2.05) is 0 Å². The quantitative estimate of drug-likeness (QED) is 0.823. The molecule has 0 aromatic heterocycles. The van der Waals surface area contributed by atoms with Crippen LogP contribution in [0.4, 0.5) is 0 Å². The largest absolute Gasteiger partial charge is 0.478 e. The molecule has 1 unspecified atom stereocenters. The first kappa shape index (κ1) is 12.3. The molecule has 1 atom stereocenters. The number of carboxylic acid groups (broad SMARTS) is 1. The van der Waals surface area contributed by atoms with Gasteiger partial charge >= 0.3 is 5.97 Å². The van der Waals surface area contributed by atoms with Gasteiger partial charge in [-0.15, -0.1) is 0 Å². The molecule has 0 radical (unpaired) electrons. The van der Waals surface area contributed by atoms with E-state index in [2.05, 4.69) is 13.0 Å². The highest BCUT2D eigenvalue weighted by atomic mass is 16.4. The molecule has 84 valence electrons. The van der Waals surface area contributed by atoms with Gasteiger partial charge in [-0.05, 0) is 18.1 Å². The molecule has 1 aromatic rings. The lowest BCUT2D eigenvalue weighted by Gasteiger charge is -2.11. The summed E-state index contributed by atoms with van der Waals surface area (Å²) in [5, 5.41) is 18.1. The van der Waals surface area contributed by atoms with E-state index in [1.54, 1.807) is 24.3 Å². The van der Waals surface area contributed by atoms with E-state index in [9.17, 15) is 4.79 Å². The average molecular weight is 217 g/mol. The third-order valence-electron chi connectivity index (χ3n) is 2.57. The molecule has 0 fully saturated rings. The first-order valence-corrected chi connectivity index (χ1v) is 5.42.